The van der Waals surface area contributed by atoms with Crippen LogP contribution >= 0.6 is 11.6 Å². The molecular formula is C13H17ClO4. The van der Waals surface area contributed by atoms with Gasteiger partial charge in [-0.25, -0.2) is 0 Å². The number of aliphatic hydroxyl groups excluding tert-OH is 2. The molecule has 0 saturated carbocycles. The average molecular weight is 273 g/mol. The highest BCUT2D eigenvalue weighted by atomic mass is 35.5. The first kappa shape index (κ1) is 13.8. The molecule has 1 aromatic carbocycles. The van der Waals surface area contributed by atoms with E-state index in [4.69, 9.17) is 21.1 Å². The Kier molecular flexibility index (Phi) is 4.97. The maximum atomic E-state index is 9.91. The van der Waals surface area contributed by atoms with Crippen LogP contribution in [0.5, 0.6) is 0 Å². The van der Waals surface area contributed by atoms with Crippen molar-refractivity contribution in [3.63, 3.8) is 0 Å². The second-order valence-electron chi connectivity index (χ2n) is 4.23. The smallest absolute Gasteiger partial charge is 0.184 e. The number of hydrogen-bond acceptors (Lipinski definition) is 4. The maximum absolute atomic E-state index is 9.91. The van der Waals surface area contributed by atoms with Crippen LogP contribution < -0.4 is 0 Å². The van der Waals surface area contributed by atoms with Gasteiger partial charge in [-0.15, -0.1) is 11.6 Å². The third-order valence-corrected chi connectivity index (χ3v) is 3.16. The molecule has 2 N–H and O–H groups in total. The molecule has 0 amide bonds. The summed E-state index contributed by atoms with van der Waals surface area (Å²) in [7, 11) is 0. The van der Waals surface area contributed by atoms with Gasteiger partial charge in [0, 0.05) is 11.4 Å². The summed E-state index contributed by atoms with van der Waals surface area (Å²) in [5, 5.41) is 19.6. The van der Waals surface area contributed by atoms with Gasteiger partial charge in [0.15, 0.2) is 6.29 Å². The summed E-state index contributed by atoms with van der Waals surface area (Å²) in [5.41, 5.74) is 1.57. The summed E-state index contributed by atoms with van der Waals surface area (Å²) in [6.07, 6.45) is -1.71. The van der Waals surface area contributed by atoms with Gasteiger partial charge >= 0.3 is 0 Å². The molecule has 5 heteroatoms. The van der Waals surface area contributed by atoms with E-state index in [1.807, 2.05) is 12.1 Å². The first-order chi connectivity index (χ1) is 8.72. The highest BCUT2D eigenvalue weighted by molar-refractivity contribution is 6.17. The van der Waals surface area contributed by atoms with Gasteiger partial charge in [0.1, 0.15) is 6.10 Å². The molecule has 1 saturated heterocycles. The first-order valence-corrected chi connectivity index (χ1v) is 6.51. The van der Waals surface area contributed by atoms with Crippen LogP contribution in [0.3, 0.4) is 0 Å². The van der Waals surface area contributed by atoms with Crippen LogP contribution in [0.15, 0.2) is 24.3 Å². The second-order valence-corrected chi connectivity index (χ2v) is 4.61. The molecule has 0 bridgehead atoms. The molecule has 0 spiro atoms. The van der Waals surface area contributed by atoms with Gasteiger partial charge in [0.2, 0.25) is 0 Å². The van der Waals surface area contributed by atoms with E-state index in [-0.39, 0.29) is 6.29 Å². The summed E-state index contributed by atoms with van der Waals surface area (Å²) < 4.78 is 10.7. The zero-order valence-corrected chi connectivity index (χ0v) is 10.7. The molecule has 18 heavy (non-hydrogen) atoms. The highest BCUT2D eigenvalue weighted by Gasteiger charge is 2.20. The Hall–Kier alpha value is -0.650. The van der Waals surface area contributed by atoms with E-state index in [2.05, 4.69) is 0 Å². The van der Waals surface area contributed by atoms with Gasteiger partial charge in [-0.05, 0) is 12.0 Å². The van der Waals surface area contributed by atoms with E-state index in [1.54, 1.807) is 12.1 Å². The summed E-state index contributed by atoms with van der Waals surface area (Å²) >= 11 is 5.54. The quantitative estimate of drug-likeness (QED) is 0.802. The van der Waals surface area contributed by atoms with Crippen molar-refractivity contribution in [2.75, 3.05) is 19.1 Å². The Labute approximate surface area is 111 Å². The van der Waals surface area contributed by atoms with Gasteiger partial charge in [-0.2, -0.15) is 0 Å². The molecule has 2 unspecified atom stereocenters. The number of hydrogen-bond donors (Lipinski definition) is 2. The molecule has 1 aliphatic heterocycles. The number of alkyl halides is 1. The Balaban J connectivity index is 2.02. The Morgan fingerprint density at radius 2 is 1.78 bits per heavy atom. The van der Waals surface area contributed by atoms with Crippen molar-refractivity contribution in [1.82, 2.24) is 0 Å². The Morgan fingerprint density at radius 1 is 1.17 bits per heavy atom. The van der Waals surface area contributed by atoms with E-state index in [0.717, 1.165) is 5.56 Å². The topological polar surface area (TPSA) is 58.9 Å². The molecule has 4 nitrogen and oxygen atoms in total. The molecule has 1 aromatic rings. The molecule has 1 fully saturated rings. The molecule has 2 atom stereocenters. The van der Waals surface area contributed by atoms with Crippen molar-refractivity contribution in [3.8, 4) is 0 Å². The third-order valence-electron chi connectivity index (χ3n) is 2.94. The van der Waals surface area contributed by atoms with Crippen molar-refractivity contribution in [2.24, 2.45) is 0 Å². The lowest BCUT2D eigenvalue weighted by molar-refractivity contribution is -0.0441. The predicted molar refractivity (Wildman–Crippen MR) is 67.4 cm³/mol. The van der Waals surface area contributed by atoms with E-state index in [1.165, 1.54) is 0 Å². The van der Waals surface area contributed by atoms with E-state index in [9.17, 15) is 10.2 Å². The molecule has 0 radical (unpaired) electrons. The minimum absolute atomic E-state index is 0.316. The normalized spacial score (nSPS) is 19.9. The van der Waals surface area contributed by atoms with Crippen LogP contribution in [0.4, 0.5) is 0 Å². The Morgan fingerprint density at radius 3 is 2.33 bits per heavy atom. The summed E-state index contributed by atoms with van der Waals surface area (Å²) in [6.45, 7) is 1.20. The summed E-state index contributed by atoms with van der Waals surface area (Å²) in [6, 6.07) is 7.20. The minimum Gasteiger partial charge on any atom is -0.390 e. The largest absolute Gasteiger partial charge is 0.390 e. The number of rotatable bonds is 5. The zero-order chi connectivity index (χ0) is 13.0. The van der Waals surface area contributed by atoms with Crippen molar-refractivity contribution in [2.45, 2.75) is 24.9 Å². The van der Waals surface area contributed by atoms with Crippen molar-refractivity contribution >= 4 is 11.6 Å². The maximum Gasteiger partial charge on any atom is 0.184 e. The van der Waals surface area contributed by atoms with Crippen LogP contribution in [0.2, 0.25) is 0 Å². The van der Waals surface area contributed by atoms with E-state index in [0.29, 0.717) is 31.1 Å². The standard InChI is InChI=1S/C13H17ClO4/c14-6-5-11(15)12(16)9-1-3-10(4-2-9)13-17-7-8-18-13/h1-4,11-13,15-16H,5-8H2. The van der Waals surface area contributed by atoms with Crippen LogP contribution in [0.1, 0.15) is 29.9 Å². The lowest BCUT2D eigenvalue weighted by Gasteiger charge is -2.18. The zero-order valence-electron chi connectivity index (χ0n) is 9.96. The van der Waals surface area contributed by atoms with Crippen LogP contribution in [0.25, 0.3) is 0 Å². The predicted octanol–water partition coefficient (Wildman–Crippen LogP) is 1.76. The minimum atomic E-state index is -0.914. The fourth-order valence-corrected chi connectivity index (χ4v) is 2.12. The number of aliphatic hydroxyl groups is 2. The molecular weight excluding hydrogens is 256 g/mol. The lowest BCUT2D eigenvalue weighted by atomic mass is 10.0. The average Bonchev–Trinajstić information content (AvgIpc) is 2.92. The van der Waals surface area contributed by atoms with Crippen LogP contribution in [0, 0.1) is 0 Å². The fraction of sp³-hybridized carbons (Fsp3) is 0.538. The van der Waals surface area contributed by atoms with Gasteiger partial charge in [-0.1, -0.05) is 24.3 Å². The van der Waals surface area contributed by atoms with Crippen molar-refractivity contribution in [1.29, 1.82) is 0 Å². The Bertz CT molecular complexity index is 362. The van der Waals surface area contributed by atoms with Crippen molar-refractivity contribution < 1.29 is 19.7 Å². The molecule has 0 aliphatic carbocycles. The van der Waals surface area contributed by atoms with E-state index < -0.39 is 12.2 Å². The second kappa shape index (κ2) is 6.50. The molecule has 1 aliphatic rings. The van der Waals surface area contributed by atoms with Gasteiger partial charge in [0.05, 0.1) is 19.3 Å². The molecule has 2 rings (SSSR count). The highest BCUT2D eigenvalue weighted by Crippen LogP contribution is 2.26. The third kappa shape index (κ3) is 3.22. The van der Waals surface area contributed by atoms with Crippen molar-refractivity contribution in [3.05, 3.63) is 35.4 Å². The van der Waals surface area contributed by atoms with Crippen LogP contribution in [-0.4, -0.2) is 35.4 Å². The first-order valence-electron chi connectivity index (χ1n) is 5.97. The monoisotopic (exact) mass is 272 g/mol. The van der Waals surface area contributed by atoms with Gasteiger partial charge in [-0.3, -0.25) is 0 Å². The molecule has 1 heterocycles. The number of benzene rings is 1. The number of halogens is 1. The molecule has 0 aromatic heterocycles. The fourth-order valence-electron chi connectivity index (χ4n) is 1.89. The number of ether oxygens (including phenoxy) is 2. The molecule has 100 valence electrons. The lowest BCUT2D eigenvalue weighted by Crippen LogP contribution is -2.18. The summed E-state index contributed by atoms with van der Waals surface area (Å²) in [4.78, 5) is 0. The van der Waals surface area contributed by atoms with E-state index >= 15 is 0 Å². The van der Waals surface area contributed by atoms with Crippen LogP contribution in [-0.2, 0) is 9.47 Å². The summed E-state index contributed by atoms with van der Waals surface area (Å²) in [5.74, 6) is 0.320. The van der Waals surface area contributed by atoms with Gasteiger partial charge < -0.3 is 19.7 Å². The van der Waals surface area contributed by atoms with Gasteiger partial charge in [0.25, 0.3) is 0 Å². The SMILES string of the molecule is OC(CCCl)C(O)c1ccc(C2OCCO2)cc1.